The zero-order valence-electron chi connectivity index (χ0n) is 11.6. The number of sulfonamides is 1. The second-order valence-electron chi connectivity index (χ2n) is 4.99. The Morgan fingerprint density at radius 3 is 2.32 bits per heavy atom. The summed E-state index contributed by atoms with van der Waals surface area (Å²) < 4.78 is 26.9. The van der Waals surface area contributed by atoms with Crippen molar-refractivity contribution in [2.75, 3.05) is 23.9 Å². The van der Waals surface area contributed by atoms with E-state index in [2.05, 4.69) is 5.32 Å². The van der Waals surface area contributed by atoms with E-state index in [-0.39, 0.29) is 5.25 Å². The number of aryl methyl sites for hydroxylation is 1. The van der Waals surface area contributed by atoms with Gasteiger partial charge in [-0.1, -0.05) is 17.7 Å². The van der Waals surface area contributed by atoms with E-state index in [0.29, 0.717) is 19.4 Å². The van der Waals surface area contributed by atoms with Gasteiger partial charge in [0.2, 0.25) is 10.0 Å². The van der Waals surface area contributed by atoms with Crippen LogP contribution in [0.1, 0.15) is 25.3 Å². The number of hydrogen-bond acceptors (Lipinski definition) is 3. The average Bonchev–Trinajstić information content (AvgIpc) is 2.42. The number of piperidine rings is 1. The van der Waals surface area contributed by atoms with Crippen molar-refractivity contribution in [3.05, 3.63) is 29.8 Å². The molecule has 1 aliphatic heterocycles. The van der Waals surface area contributed by atoms with Crippen LogP contribution in [0.4, 0.5) is 5.69 Å². The second-order valence-corrected chi connectivity index (χ2v) is 7.13. The lowest BCUT2D eigenvalue weighted by molar-refractivity contribution is 0.494. The van der Waals surface area contributed by atoms with Gasteiger partial charge in [0.05, 0.1) is 10.9 Å². The normalized spacial score (nSPS) is 17.4. The summed E-state index contributed by atoms with van der Waals surface area (Å²) in [6.45, 7) is 5.94. The first-order chi connectivity index (χ1) is 9.05. The Hall–Kier alpha value is -1.07. The van der Waals surface area contributed by atoms with Crippen molar-refractivity contribution in [2.45, 2.75) is 31.9 Å². The van der Waals surface area contributed by atoms with E-state index in [9.17, 15) is 8.42 Å². The highest BCUT2D eigenvalue weighted by Gasteiger charge is 2.32. The minimum absolute atomic E-state index is 0.255. The second kappa shape index (κ2) is 5.92. The smallest absolute Gasteiger partial charge is 0.238 e. The molecule has 106 valence electrons. The average molecular weight is 282 g/mol. The lowest BCUT2D eigenvalue weighted by atomic mass is 10.2. The molecule has 0 spiro atoms. The molecule has 1 heterocycles. The van der Waals surface area contributed by atoms with E-state index >= 15 is 0 Å². The largest absolute Gasteiger partial charge is 0.317 e. The summed E-state index contributed by atoms with van der Waals surface area (Å²) in [5.41, 5.74) is 1.91. The number of nitrogens with zero attached hydrogens (tertiary/aromatic N) is 1. The summed E-state index contributed by atoms with van der Waals surface area (Å²) in [5, 5.41) is 2.95. The van der Waals surface area contributed by atoms with Gasteiger partial charge in [0, 0.05) is 6.54 Å². The van der Waals surface area contributed by atoms with Crippen LogP contribution in [0.15, 0.2) is 24.3 Å². The minimum Gasteiger partial charge on any atom is -0.317 e. The van der Waals surface area contributed by atoms with E-state index in [4.69, 9.17) is 0 Å². The monoisotopic (exact) mass is 282 g/mol. The highest BCUT2D eigenvalue weighted by Crippen LogP contribution is 2.24. The number of benzene rings is 1. The molecule has 1 fully saturated rings. The third kappa shape index (κ3) is 3.09. The van der Waals surface area contributed by atoms with Crippen molar-refractivity contribution >= 4 is 15.7 Å². The minimum atomic E-state index is -3.25. The van der Waals surface area contributed by atoms with Crippen LogP contribution in [0, 0.1) is 6.92 Å². The zero-order valence-corrected chi connectivity index (χ0v) is 12.4. The fourth-order valence-electron chi connectivity index (χ4n) is 2.49. The SMILES string of the molecule is CCN(c1ccc(C)cc1)S(=O)(=O)C1CCNCC1. The summed E-state index contributed by atoms with van der Waals surface area (Å²) >= 11 is 0. The van der Waals surface area contributed by atoms with E-state index in [0.717, 1.165) is 24.3 Å². The molecule has 19 heavy (non-hydrogen) atoms. The zero-order chi connectivity index (χ0) is 13.9. The van der Waals surface area contributed by atoms with Gasteiger partial charge in [-0.3, -0.25) is 4.31 Å². The number of rotatable bonds is 4. The fourth-order valence-corrected chi connectivity index (χ4v) is 4.46. The van der Waals surface area contributed by atoms with Crippen LogP contribution in [0.25, 0.3) is 0 Å². The fraction of sp³-hybridized carbons (Fsp3) is 0.571. The van der Waals surface area contributed by atoms with Crippen LogP contribution < -0.4 is 9.62 Å². The topological polar surface area (TPSA) is 49.4 Å². The lowest BCUT2D eigenvalue weighted by Gasteiger charge is -2.30. The number of hydrogen-bond donors (Lipinski definition) is 1. The van der Waals surface area contributed by atoms with E-state index < -0.39 is 10.0 Å². The Labute approximate surface area is 115 Å². The maximum absolute atomic E-state index is 12.7. The van der Waals surface area contributed by atoms with Gasteiger partial charge < -0.3 is 5.32 Å². The van der Waals surface area contributed by atoms with Crippen molar-refractivity contribution in [1.82, 2.24) is 5.32 Å². The van der Waals surface area contributed by atoms with Crippen LogP contribution >= 0.6 is 0 Å². The van der Waals surface area contributed by atoms with E-state index in [1.807, 2.05) is 38.1 Å². The first kappa shape index (κ1) is 14.3. The summed E-state index contributed by atoms with van der Waals surface area (Å²) in [5.74, 6) is 0. The highest BCUT2D eigenvalue weighted by atomic mass is 32.2. The third-order valence-electron chi connectivity index (χ3n) is 3.62. The van der Waals surface area contributed by atoms with Crippen molar-refractivity contribution in [1.29, 1.82) is 0 Å². The Morgan fingerprint density at radius 2 is 1.79 bits per heavy atom. The van der Waals surface area contributed by atoms with Crippen molar-refractivity contribution in [3.8, 4) is 0 Å². The summed E-state index contributed by atoms with van der Waals surface area (Å²) in [4.78, 5) is 0. The van der Waals surface area contributed by atoms with Gasteiger partial charge in [-0.15, -0.1) is 0 Å². The molecule has 0 unspecified atom stereocenters. The van der Waals surface area contributed by atoms with Crippen LogP contribution in [0.5, 0.6) is 0 Å². The molecular weight excluding hydrogens is 260 g/mol. The van der Waals surface area contributed by atoms with Gasteiger partial charge in [0.1, 0.15) is 0 Å². The molecule has 0 bridgehead atoms. The number of nitrogens with one attached hydrogen (secondary N) is 1. The Balaban J connectivity index is 2.27. The van der Waals surface area contributed by atoms with Crippen molar-refractivity contribution < 1.29 is 8.42 Å². The maximum Gasteiger partial charge on any atom is 0.238 e. The predicted octanol–water partition coefficient (Wildman–Crippen LogP) is 1.90. The molecule has 0 amide bonds. The Kier molecular flexibility index (Phi) is 4.47. The molecule has 1 N–H and O–H groups in total. The molecule has 4 nitrogen and oxygen atoms in total. The molecule has 1 aromatic rings. The molecule has 1 aliphatic rings. The van der Waals surface area contributed by atoms with Crippen LogP contribution in [0.3, 0.4) is 0 Å². The standard InChI is InChI=1S/C14H22N2O2S/c1-3-16(13-6-4-12(2)5-7-13)19(17,18)14-8-10-15-11-9-14/h4-7,14-15H,3,8-11H2,1-2H3. The summed E-state index contributed by atoms with van der Waals surface area (Å²) in [7, 11) is -3.25. The van der Waals surface area contributed by atoms with Gasteiger partial charge in [-0.05, 0) is 51.9 Å². The highest BCUT2D eigenvalue weighted by molar-refractivity contribution is 7.93. The molecule has 0 atom stereocenters. The van der Waals surface area contributed by atoms with Gasteiger partial charge in [-0.2, -0.15) is 0 Å². The van der Waals surface area contributed by atoms with Gasteiger partial charge in [0.15, 0.2) is 0 Å². The first-order valence-electron chi connectivity index (χ1n) is 6.84. The van der Waals surface area contributed by atoms with Crippen LogP contribution in [-0.4, -0.2) is 33.3 Å². The van der Waals surface area contributed by atoms with Crippen LogP contribution in [-0.2, 0) is 10.0 Å². The third-order valence-corrected chi connectivity index (χ3v) is 6.02. The Morgan fingerprint density at radius 1 is 1.21 bits per heavy atom. The van der Waals surface area contributed by atoms with E-state index in [1.165, 1.54) is 0 Å². The van der Waals surface area contributed by atoms with Crippen LogP contribution in [0.2, 0.25) is 0 Å². The maximum atomic E-state index is 12.7. The molecule has 0 aromatic heterocycles. The van der Waals surface area contributed by atoms with Gasteiger partial charge in [0.25, 0.3) is 0 Å². The molecule has 2 rings (SSSR count). The summed E-state index contributed by atoms with van der Waals surface area (Å²) in [6, 6.07) is 7.68. The molecule has 0 aliphatic carbocycles. The molecular formula is C14H22N2O2S. The van der Waals surface area contributed by atoms with Gasteiger partial charge >= 0.3 is 0 Å². The first-order valence-corrected chi connectivity index (χ1v) is 8.35. The molecule has 1 aromatic carbocycles. The van der Waals surface area contributed by atoms with Crippen molar-refractivity contribution in [2.24, 2.45) is 0 Å². The number of anilines is 1. The summed E-state index contributed by atoms with van der Waals surface area (Å²) in [6.07, 6.45) is 1.40. The molecule has 0 saturated carbocycles. The predicted molar refractivity (Wildman–Crippen MR) is 79.0 cm³/mol. The molecule has 0 radical (unpaired) electrons. The Bertz CT molecular complexity index is 505. The van der Waals surface area contributed by atoms with Crippen molar-refractivity contribution in [3.63, 3.8) is 0 Å². The van der Waals surface area contributed by atoms with Gasteiger partial charge in [-0.25, -0.2) is 8.42 Å². The molecule has 5 heteroatoms. The molecule has 1 saturated heterocycles. The lowest BCUT2D eigenvalue weighted by Crippen LogP contribution is -2.44. The quantitative estimate of drug-likeness (QED) is 0.917. The van der Waals surface area contributed by atoms with E-state index in [1.54, 1.807) is 4.31 Å².